The Labute approximate surface area is 120 Å². The Kier molecular flexibility index (Phi) is 4.41. The second-order valence-corrected chi connectivity index (χ2v) is 5.22. The minimum atomic E-state index is -4.55. The van der Waals surface area contributed by atoms with Gasteiger partial charge in [0.25, 0.3) is 0 Å². The predicted molar refractivity (Wildman–Crippen MR) is 72.5 cm³/mol. The molecule has 1 aliphatic rings. The zero-order chi connectivity index (χ0) is 15.6. The summed E-state index contributed by atoms with van der Waals surface area (Å²) in [5.74, 6) is -1.37. The molecule has 1 aromatic carbocycles. The number of hydrogen-bond acceptors (Lipinski definition) is 3. The van der Waals surface area contributed by atoms with Gasteiger partial charge in [-0.15, -0.1) is 0 Å². The summed E-state index contributed by atoms with van der Waals surface area (Å²) in [4.78, 5) is 13.3. The molecule has 2 N–H and O–H groups in total. The van der Waals surface area contributed by atoms with E-state index in [1.807, 2.05) is 7.05 Å². The highest BCUT2D eigenvalue weighted by Crippen LogP contribution is 2.32. The molecule has 4 nitrogen and oxygen atoms in total. The van der Waals surface area contributed by atoms with Gasteiger partial charge in [0.15, 0.2) is 0 Å². The lowest BCUT2D eigenvalue weighted by atomic mass is 10.1. The van der Waals surface area contributed by atoms with Gasteiger partial charge in [0.05, 0.1) is 11.1 Å². The third-order valence-corrected chi connectivity index (χ3v) is 3.78. The van der Waals surface area contributed by atoms with Crippen LogP contribution in [0, 0.1) is 0 Å². The summed E-state index contributed by atoms with van der Waals surface area (Å²) >= 11 is 0. The third-order valence-electron chi connectivity index (χ3n) is 3.78. The number of carbonyl (C=O) groups is 1. The summed E-state index contributed by atoms with van der Waals surface area (Å²) in [6, 6.07) is 3.02. The lowest BCUT2D eigenvalue weighted by Crippen LogP contribution is -2.31. The van der Waals surface area contributed by atoms with Crippen LogP contribution in [-0.2, 0) is 6.18 Å². The van der Waals surface area contributed by atoms with Gasteiger partial charge in [-0.05, 0) is 44.6 Å². The monoisotopic (exact) mass is 302 g/mol. The van der Waals surface area contributed by atoms with E-state index < -0.39 is 17.7 Å². The Morgan fingerprint density at radius 2 is 2.19 bits per heavy atom. The molecule has 116 valence electrons. The first-order valence-electron chi connectivity index (χ1n) is 6.67. The molecule has 0 saturated carbocycles. The summed E-state index contributed by atoms with van der Waals surface area (Å²) < 4.78 is 37.9. The number of carboxylic acids is 1. The molecule has 1 heterocycles. The second-order valence-electron chi connectivity index (χ2n) is 5.22. The number of nitrogens with one attached hydrogen (secondary N) is 1. The predicted octanol–water partition coefficient (Wildman–Crippen LogP) is 2.91. The van der Waals surface area contributed by atoms with Gasteiger partial charge in [-0.3, -0.25) is 0 Å². The van der Waals surface area contributed by atoms with Gasteiger partial charge in [-0.1, -0.05) is 0 Å². The maximum absolute atomic E-state index is 12.6. The van der Waals surface area contributed by atoms with E-state index in [0.717, 1.165) is 25.5 Å². The normalized spacial score (nSPS) is 19.7. The summed E-state index contributed by atoms with van der Waals surface area (Å²) in [6.45, 7) is 1.49. The smallest absolute Gasteiger partial charge is 0.416 e. The van der Waals surface area contributed by atoms with E-state index in [4.69, 9.17) is 5.11 Å². The van der Waals surface area contributed by atoms with Crippen molar-refractivity contribution in [1.29, 1.82) is 0 Å². The minimum Gasteiger partial charge on any atom is -0.478 e. The molecule has 0 aliphatic carbocycles. The van der Waals surface area contributed by atoms with Crippen LogP contribution in [0.15, 0.2) is 18.2 Å². The minimum absolute atomic E-state index is 0.218. The summed E-state index contributed by atoms with van der Waals surface area (Å²) in [5.41, 5.74) is -1.09. The van der Waals surface area contributed by atoms with Crippen LogP contribution in [0.25, 0.3) is 0 Å². The number of likely N-dealkylation sites (N-methyl/N-ethyl adjacent to an activating group) is 1. The van der Waals surface area contributed by atoms with Crippen LogP contribution in [0.1, 0.15) is 28.8 Å². The third kappa shape index (κ3) is 3.66. The molecule has 21 heavy (non-hydrogen) atoms. The zero-order valence-corrected chi connectivity index (χ0v) is 11.6. The van der Waals surface area contributed by atoms with E-state index in [9.17, 15) is 18.0 Å². The molecule has 7 heteroatoms. The first kappa shape index (κ1) is 15.6. The second kappa shape index (κ2) is 5.93. The zero-order valence-electron chi connectivity index (χ0n) is 11.6. The molecular formula is C14H17F3N2O2. The number of nitrogens with zero attached hydrogens (tertiary/aromatic N) is 1. The van der Waals surface area contributed by atoms with Gasteiger partial charge >= 0.3 is 12.1 Å². The van der Waals surface area contributed by atoms with Gasteiger partial charge in [-0.25, -0.2) is 4.79 Å². The highest BCUT2D eigenvalue weighted by molar-refractivity contribution is 5.94. The molecule has 0 aromatic heterocycles. The van der Waals surface area contributed by atoms with Crippen LogP contribution >= 0.6 is 0 Å². The highest BCUT2D eigenvalue weighted by atomic mass is 19.4. The van der Waals surface area contributed by atoms with E-state index in [-0.39, 0.29) is 17.3 Å². The molecule has 1 aliphatic heterocycles. The first-order valence-corrected chi connectivity index (χ1v) is 6.67. The molecule has 0 spiro atoms. The molecular weight excluding hydrogens is 285 g/mol. The Hall–Kier alpha value is -1.76. The molecule has 0 amide bonds. The molecule has 1 unspecified atom stereocenters. The molecule has 0 bridgehead atoms. The average molecular weight is 302 g/mol. The lowest BCUT2D eigenvalue weighted by Gasteiger charge is -2.21. The van der Waals surface area contributed by atoms with E-state index in [0.29, 0.717) is 12.6 Å². The number of anilines is 1. The Bertz CT molecular complexity index is 531. The van der Waals surface area contributed by atoms with Crippen LogP contribution < -0.4 is 5.32 Å². The SMILES string of the molecule is CN1CCCC1CNc1ccc(C(F)(F)F)cc1C(=O)O. The maximum Gasteiger partial charge on any atom is 0.416 e. The maximum atomic E-state index is 12.6. The van der Waals surface area contributed by atoms with Crippen molar-refractivity contribution in [2.24, 2.45) is 0 Å². The quantitative estimate of drug-likeness (QED) is 0.898. The fourth-order valence-corrected chi connectivity index (χ4v) is 2.52. The van der Waals surface area contributed by atoms with Crippen LogP contribution in [0.2, 0.25) is 0 Å². The van der Waals surface area contributed by atoms with Crippen molar-refractivity contribution >= 4 is 11.7 Å². The summed E-state index contributed by atoms with van der Waals surface area (Å²) in [6.07, 6.45) is -2.48. The number of rotatable bonds is 4. The van der Waals surface area contributed by atoms with Crippen molar-refractivity contribution in [3.8, 4) is 0 Å². The topological polar surface area (TPSA) is 52.6 Å². The van der Waals surface area contributed by atoms with Gasteiger partial charge < -0.3 is 15.3 Å². The highest BCUT2D eigenvalue weighted by Gasteiger charge is 2.32. The molecule has 1 atom stereocenters. The largest absolute Gasteiger partial charge is 0.478 e. The van der Waals surface area contributed by atoms with Crippen molar-refractivity contribution in [3.05, 3.63) is 29.3 Å². The fourth-order valence-electron chi connectivity index (χ4n) is 2.52. The number of hydrogen-bond donors (Lipinski definition) is 2. The number of halogens is 3. The number of alkyl halides is 3. The van der Waals surface area contributed by atoms with Crippen molar-refractivity contribution in [2.75, 3.05) is 25.5 Å². The standard InChI is InChI=1S/C14H17F3N2O2/c1-19-6-2-3-10(19)8-18-12-5-4-9(14(15,16)17)7-11(12)13(20)21/h4-5,7,10,18H,2-3,6,8H2,1H3,(H,20,21). The molecule has 1 saturated heterocycles. The first-order chi connectivity index (χ1) is 9.79. The van der Waals surface area contributed by atoms with Gasteiger partial charge in [0.1, 0.15) is 0 Å². The van der Waals surface area contributed by atoms with E-state index >= 15 is 0 Å². The van der Waals surface area contributed by atoms with Crippen molar-refractivity contribution in [2.45, 2.75) is 25.1 Å². The van der Waals surface area contributed by atoms with Crippen LogP contribution in [-0.4, -0.2) is 42.2 Å². The van der Waals surface area contributed by atoms with Gasteiger partial charge in [-0.2, -0.15) is 13.2 Å². The van der Waals surface area contributed by atoms with Crippen molar-refractivity contribution in [3.63, 3.8) is 0 Å². The van der Waals surface area contributed by atoms with Crippen LogP contribution in [0.3, 0.4) is 0 Å². The average Bonchev–Trinajstić information content (AvgIpc) is 2.80. The molecule has 1 aromatic rings. The molecule has 2 rings (SSSR count). The summed E-state index contributed by atoms with van der Waals surface area (Å²) in [5, 5.41) is 12.0. The number of aromatic carboxylic acids is 1. The fraction of sp³-hybridized carbons (Fsp3) is 0.500. The number of benzene rings is 1. The Morgan fingerprint density at radius 1 is 1.48 bits per heavy atom. The molecule has 1 fully saturated rings. The van der Waals surface area contributed by atoms with E-state index in [2.05, 4.69) is 10.2 Å². The van der Waals surface area contributed by atoms with Crippen molar-refractivity contribution in [1.82, 2.24) is 4.90 Å². The Balaban J connectivity index is 2.17. The van der Waals surface area contributed by atoms with Crippen molar-refractivity contribution < 1.29 is 23.1 Å². The van der Waals surface area contributed by atoms with E-state index in [1.165, 1.54) is 6.07 Å². The van der Waals surface area contributed by atoms with Crippen LogP contribution in [0.4, 0.5) is 18.9 Å². The Morgan fingerprint density at radius 3 is 2.71 bits per heavy atom. The lowest BCUT2D eigenvalue weighted by molar-refractivity contribution is -0.137. The summed E-state index contributed by atoms with van der Waals surface area (Å²) in [7, 11) is 1.98. The van der Waals surface area contributed by atoms with Crippen LogP contribution in [0.5, 0.6) is 0 Å². The number of carboxylic acid groups (broad SMARTS) is 1. The van der Waals surface area contributed by atoms with E-state index in [1.54, 1.807) is 0 Å². The van der Waals surface area contributed by atoms with Gasteiger partial charge in [0.2, 0.25) is 0 Å². The molecule has 0 radical (unpaired) electrons. The van der Waals surface area contributed by atoms with Gasteiger partial charge in [0, 0.05) is 18.3 Å². The number of likely N-dealkylation sites (tertiary alicyclic amines) is 1.